The molecule has 6 nitrogen and oxygen atoms in total. The van der Waals surface area contributed by atoms with Crippen LogP contribution in [0.5, 0.6) is 0 Å². The average molecular weight is 264 g/mol. The van der Waals surface area contributed by atoms with Crippen molar-refractivity contribution >= 4 is 6.09 Å². The van der Waals surface area contributed by atoms with Crippen LogP contribution in [0, 0.1) is 0 Å². The zero-order chi connectivity index (χ0) is 13.9. The minimum atomic E-state index is -0.488. The normalized spacial score (nSPS) is 23.1. The van der Waals surface area contributed by atoms with Gasteiger partial charge in [0, 0.05) is 6.20 Å². The van der Waals surface area contributed by atoms with E-state index >= 15 is 0 Å². The number of rotatable bonds is 2. The highest BCUT2D eigenvalue weighted by Gasteiger charge is 2.31. The molecule has 0 spiro atoms. The Hall–Kier alpha value is -1.69. The van der Waals surface area contributed by atoms with Crippen LogP contribution in [0.2, 0.25) is 0 Å². The second kappa shape index (κ2) is 5.52. The molecule has 104 valence electrons. The van der Waals surface area contributed by atoms with Crippen molar-refractivity contribution in [2.45, 2.75) is 44.9 Å². The molecule has 0 bridgehead atoms. The third-order valence-electron chi connectivity index (χ3n) is 2.84. The van der Waals surface area contributed by atoms with Crippen LogP contribution < -0.4 is 10.6 Å². The maximum atomic E-state index is 11.8. The largest absolute Gasteiger partial charge is 0.444 e. The lowest BCUT2D eigenvalue weighted by atomic mass is 10.1. The van der Waals surface area contributed by atoms with E-state index in [1.807, 2.05) is 32.9 Å². The van der Waals surface area contributed by atoms with Crippen LogP contribution in [-0.4, -0.2) is 34.5 Å². The first-order chi connectivity index (χ1) is 8.96. The van der Waals surface area contributed by atoms with Crippen LogP contribution in [0.4, 0.5) is 4.79 Å². The van der Waals surface area contributed by atoms with Crippen LogP contribution in [0.25, 0.3) is 0 Å². The minimum absolute atomic E-state index is 0.0128. The maximum Gasteiger partial charge on any atom is 0.407 e. The van der Waals surface area contributed by atoms with Gasteiger partial charge < -0.3 is 15.4 Å². The van der Waals surface area contributed by atoms with E-state index in [2.05, 4.69) is 20.8 Å². The first-order valence-corrected chi connectivity index (χ1v) is 6.46. The van der Waals surface area contributed by atoms with Crippen molar-refractivity contribution < 1.29 is 9.53 Å². The summed E-state index contributed by atoms with van der Waals surface area (Å²) in [6.07, 6.45) is 2.09. The van der Waals surface area contributed by atoms with Gasteiger partial charge in [-0.1, -0.05) is 0 Å². The summed E-state index contributed by atoms with van der Waals surface area (Å²) in [5, 5.41) is 14.2. The van der Waals surface area contributed by atoms with E-state index in [0.717, 1.165) is 18.7 Å². The Kier molecular flexibility index (Phi) is 3.99. The highest BCUT2D eigenvalue weighted by atomic mass is 16.6. The molecule has 2 N–H and O–H groups in total. The van der Waals surface area contributed by atoms with E-state index in [-0.39, 0.29) is 12.1 Å². The summed E-state index contributed by atoms with van der Waals surface area (Å²) in [5.41, 5.74) is 0.346. The van der Waals surface area contributed by atoms with Gasteiger partial charge in [-0.2, -0.15) is 10.2 Å². The molecule has 0 aromatic carbocycles. The van der Waals surface area contributed by atoms with Gasteiger partial charge in [0.1, 0.15) is 5.60 Å². The summed E-state index contributed by atoms with van der Waals surface area (Å²) in [7, 11) is 0. The van der Waals surface area contributed by atoms with Crippen LogP contribution in [0.15, 0.2) is 18.3 Å². The fourth-order valence-corrected chi connectivity index (χ4v) is 2.11. The van der Waals surface area contributed by atoms with Gasteiger partial charge >= 0.3 is 6.09 Å². The molecule has 2 atom stereocenters. The van der Waals surface area contributed by atoms with Gasteiger partial charge in [0.25, 0.3) is 0 Å². The molecule has 2 rings (SSSR count). The molecule has 0 radical (unpaired) electrons. The molecule has 1 amide bonds. The van der Waals surface area contributed by atoms with Gasteiger partial charge in [0.05, 0.1) is 17.8 Å². The standard InChI is InChI=1S/C13H20N4O2/c1-13(2,3)19-12(18)16-9-6-8-14-11(9)10-5-4-7-15-17-10/h4-5,7,9,11,14H,6,8H2,1-3H3,(H,16,18)/t9-,11-/m1/s1. The predicted molar refractivity (Wildman–Crippen MR) is 70.6 cm³/mol. The van der Waals surface area contributed by atoms with Crippen molar-refractivity contribution in [1.29, 1.82) is 0 Å². The monoisotopic (exact) mass is 264 g/mol. The molecule has 1 aromatic heterocycles. The zero-order valence-electron chi connectivity index (χ0n) is 11.5. The molecule has 1 aromatic rings. The number of ether oxygens (including phenoxy) is 1. The van der Waals surface area contributed by atoms with Crippen LogP contribution in [-0.2, 0) is 4.74 Å². The van der Waals surface area contributed by atoms with E-state index in [0.29, 0.717) is 0 Å². The number of amides is 1. The van der Waals surface area contributed by atoms with Crippen molar-refractivity contribution in [1.82, 2.24) is 20.8 Å². The fourth-order valence-electron chi connectivity index (χ4n) is 2.11. The highest BCUT2D eigenvalue weighted by molar-refractivity contribution is 5.68. The second-order valence-corrected chi connectivity index (χ2v) is 5.62. The first-order valence-electron chi connectivity index (χ1n) is 6.46. The maximum absolute atomic E-state index is 11.8. The van der Waals surface area contributed by atoms with Gasteiger partial charge in [-0.25, -0.2) is 4.79 Å². The van der Waals surface area contributed by atoms with Crippen molar-refractivity contribution in [3.63, 3.8) is 0 Å². The lowest BCUT2D eigenvalue weighted by Crippen LogP contribution is -2.41. The lowest BCUT2D eigenvalue weighted by Gasteiger charge is -2.24. The lowest BCUT2D eigenvalue weighted by molar-refractivity contribution is 0.0500. The SMILES string of the molecule is CC(C)(C)OC(=O)N[C@@H]1CCN[C@H]1c1cccnn1. The third kappa shape index (κ3) is 3.89. The first kappa shape index (κ1) is 13.7. The number of carbonyl (C=O) groups excluding carboxylic acids is 1. The third-order valence-corrected chi connectivity index (χ3v) is 2.84. The molecular weight excluding hydrogens is 244 g/mol. The summed E-state index contributed by atoms with van der Waals surface area (Å²) >= 11 is 0. The summed E-state index contributed by atoms with van der Waals surface area (Å²) in [4.78, 5) is 11.8. The molecule has 1 fully saturated rings. The van der Waals surface area contributed by atoms with Gasteiger partial charge in [0.2, 0.25) is 0 Å². The molecule has 19 heavy (non-hydrogen) atoms. The molecule has 0 aliphatic carbocycles. The van der Waals surface area contributed by atoms with E-state index in [9.17, 15) is 4.79 Å². The highest BCUT2D eigenvalue weighted by Crippen LogP contribution is 2.22. The van der Waals surface area contributed by atoms with E-state index in [1.54, 1.807) is 6.20 Å². The van der Waals surface area contributed by atoms with Gasteiger partial charge in [-0.05, 0) is 45.9 Å². The molecule has 1 saturated heterocycles. The number of hydrogen-bond donors (Lipinski definition) is 2. The fraction of sp³-hybridized carbons (Fsp3) is 0.615. The molecule has 6 heteroatoms. The summed E-state index contributed by atoms with van der Waals surface area (Å²) in [6, 6.07) is 3.71. The molecule has 1 aliphatic heterocycles. The summed E-state index contributed by atoms with van der Waals surface area (Å²) in [6.45, 7) is 6.38. The quantitative estimate of drug-likeness (QED) is 0.844. The van der Waals surface area contributed by atoms with Crippen LogP contribution in [0.1, 0.15) is 38.9 Å². The second-order valence-electron chi connectivity index (χ2n) is 5.62. The Balaban J connectivity index is 1.98. The Morgan fingerprint density at radius 1 is 1.53 bits per heavy atom. The van der Waals surface area contributed by atoms with E-state index < -0.39 is 11.7 Å². The van der Waals surface area contributed by atoms with Gasteiger partial charge in [-0.3, -0.25) is 0 Å². The topological polar surface area (TPSA) is 76.1 Å². The van der Waals surface area contributed by atoms with Crippen molar-refractivity contribution in [3.8, 4) is 0 Å². The van der Waals surface area contributed by atoms with Crippen molar-refractivity contribution in [2.75, 3.05) is 6.54 Å². The number of hydrogen-bond acceptors (Lipinski definition) is 5. The average Bonchev–Trinajstić information content (AvgIpc) is 2.75. The van der Waals surface area contributed by atoms with E-state index in [4.69, 9.17) is 4.74 Å². The Labute approximate surface area is 112 Å². The zero-order valence-corrected chi connectivity index (χ0v) is 11.5. The number of nitrogens with one attached hydrogen (secondary N) is 2. The van der Waals surface area contributed by atoms with Gasteiger partial charge in [-0.15, -0.1) is 0 Å². The van der Waals surface area contributed by atoms with Crippen LogP contribution in [0.3, 0.4) is 0 Å². The smallest absolute Gasteiger partial charge is 0.407 e. The molecule has 0 unspecified atom stereocenters. The van der Waals surface area contributed by atoms with Gasteiger partial charge in [0.15, 0.2) is 0 Å². The molecular formula is C13H20N4O2. The summed E-state index contributed by atoms with van der Waals surface area (Å²) in [5.74, 6) is 0. The Morgan fingerprint density at radius 2 is 2.32 bits per heavy atom. The Morgan fingerprint density at radius 3 is 2.95 bits per heavy atom. The molecule has 1 aliphatic rings. The number of carbonyl (C=O) groups is 1. The number of aromatic nitrogens is 2. The van der Waals surface area contributed by atoms with E-state index in [1.165, 1.54) is 0 Å². The molecule has 2 heterocycles. The Bertz CT molecular complexity index is 430. The molecule has 0 saturated carbocycles. The minimum Gasteiger partial charge on any atom is -0.444 e. The predicted octanol–water partition coefficient (Wildman–Crippen LogP) is 1.40. The summed E-state index contributed by atoms with van der Waals surface area (Å²) < 4.78 is 5.27. The van der Waals surface area contributed by atoms with Crippen molar-refractivity contribution in [2.24, 2.45) is 0 Å². The van der Waals surface area contributed by atoms with Crippen LogP contribution >= 0.6 is 0 Å². The number of alkyl carbamates (subject to hydrolysis) is 1. The van der Waals surface area contributed by atoms with Crippen molar-refractivity contribution in [3.05, 3.63) is 24.0 Å². The number of nitrogens with zero attached hydrogens (tertiary/aromatic N) is 2.